The maximum Gasteiger partial charge on any atom is 0.226 e. The smallest absolute Gasteiger partial charge is 0.226 e. The van der Waals surface area contributed by atoms with E-state index in [1.807, 2.05) is 43.3 Å². The van der Waals surface area contributed by atoms with Gasteiger partial charge in [-0.3, -0.25) is 9.59 Å². The van der Waals surface area contributed by atoms with Gasteiger partial charge in [0.15, 0.2) is 0 Å². The van der Waals surface area contributed by atoms with Gasteiger partial charge >= 0.3 is 0 Å². The van der Waals surface area contributed by atoms with Gasteiger partial charge < -0.3 is 10.6 Å². The molecular formula is C18H19ClN2O2. The SMILES string of the molecule is CC(=O)N[C@H](CC(=O)Nc1cc(Cl)ccc1C)c1ccccc1. The Morgan fingerprint density at radius 1 is 1.13 bits per heavy atom. The van der Waals surface area contributed by atoms with E-state index in [1.54, 1.807) is 12.1 Å². The Balaban J connectivity index is 2.11. The van der Waals surface area contributed by atoms with Crippen molar-refractivity contribution >= 4 is 29.1 Å². The molecule has 2 amide bonds. The highest BCUT2D eigenvalue weighted by Gasteiger charge is 2.17. The summed E-state index contributed by atoms with van der Waals surface area (Å²) in [6.07, 6.45) is 0.148. The van der Waals surface area contributed by atoms with Crippen molar-refractivity contribution in [3.05, 3.63) is 64.7 Å². The highest BCUT2D eigenvalue weighted by atomic mass is 35.5. The lowest BCUT2D eigenvalue weighted by molar-refractivity contribution is -0.120. The van der Waals surface area contributed by atoms with Gasteiger partial charge in [-0.2, -0.15) is 0 Å². The van der Waals surface area contributed by atoms with E-state index >= 15 is 0 Å². The molecule has 0 aliphatic rings. The third-order valence-corrected chi connectivity index (χ3v) is 3.68. The molecule has 0 unspecified atom stereocenters. The zero-order valence-electron chi connectivity index (χ0n) is 13.1. The first-order valence-corrected chi connectivity index (χ1v) is 7.71. The largest absolute Gasteiger partial charge is 0.349 e. The number of carbonyl (C=O) groups is 2. The molecule has 23 heavy (non-hydrogen) atoms. The Labute approximate surface area is 140 Å². The van der Waals surface area contributed by atoms with E-state index in [-0.39, 0.29) is 24.3 Å². The maximum absolute atomic E-state index is 12.3. The van der Waals surface area contributed by atoms with Crippen LogP contribution in [0.15, 0.2) is 48.5 Å². The number of amides is 2. The average molecular weight is 331 g/mol. The number of carbonyl (C=O) groups excluding carboxylic acids is 2. The van der Waals surface area contributed by atoms with Gasteiger partial charge in [0, 0.05) is 17.6 Å². The number of hydrogen-bond donors (Lipinski definition) is 2. The van der Waals surface area contributed by atoms with Gasteiger partial charge in [0.1, 0.15) is 0 Å². The first-order chi connectivity index (χ1) is 11.0. The fourth-order valence-corrected chi connectivity index (χ4v) is 2.47. The normalized spacial score (nSPS) is 11.6. The van der Waals surface area contributed by atoms with E-state index in [4.69, 9.17) is 11.6 Å². The number of aryl methyl sites for hydroxylation is 1. The Kier molecular flexibility index (Phi) is 5.77. The highest BCUT2D eigenvalue weighted by Crippen LogP contribution is 2.22. The summed E-state index contributed by atoms with van der Waals surface area (Å²) in [5, 5.41) is 6.23. The number of rotatable bonds is 5. The van der Waals surface area contributed by atoms with Crippen LogP contribution in [0.25, 0.3) is 0 Å². The summed E-state index contributed by atoms with van der Waals surface area (Å²) >= 11 is 5.96. The zero-order chi connectivity index (χ0) is 16.8. The number of nitrogens with one attached hydrogen (secondary N) is 2. The molecule has 120 valence electrons. The van der Waals surface area contributed by atoms with Gasteiger partial charge in [-0.1, -0.05) is 48.0 Å². The number of benzene rings is 2. The zero-order valence-corrected chi connectivity index (χ0v) is 13.9. The lowest BCUT2D eigenvalue weighted by Crippen LogP contribution is -2.29. The molecule has 0 aliphatic heterocycles. The van der Waals surface area contributed by atoms with Gasteiger partial charge in [-0.05, 0) is 30.2 Å². The summed E-state index contributed by atoms with van der Waals surface area (Å²) in [5.74, 6) is -0.358. The van der Waals surface area contributed by atoms with Crippen LogP contribution in [-0.2, 0) is 9.59 Å². The average Bonchev–Trinajstić information content (AvgIpc) is 2.51. The van der Waals surface area contributed by atoms with Crippen LogP contribution in [0.2, 0.25) is 5.02 Å². The number of halogens is 1. The fourth-order valence-electron chi connectivity index (χ4n) is 2.30. The minimum absolute atomic E-state index is 0.148. The molecule has 4 nitrogen and oxygen atoms in total. The lowest BCUT2D eigenvalue weighted by atomic mass is 10.0. The summed E-state index contributed by atoms with van der Waals surface area (Å²) in [6.45, 7) is 3.34. The number of anilines is 1. The summed E-state index contributed by atoms with van der Waals surface area (Å²) in [6, 6.07) is 14.4. The minimum atomic E-state index is -0.367. The van der Waals surface area contributed by atoms with E-state index in [1.165, 1.54) is 6.92 Å². The van der Waals surface area contributed by atoms with E-state index in [9.17, 15) is 9.59 Å². The first kappa shape index (κ1) is 17.0. The second kappa shape index (κ2) is 7.79. The molecule has 2 aromatic carbocycles. The molecule has 0 saturated carbocycles. The molecule has 0 fully saturated rings. The van der Waals surface area contributed by atoms with Crippen molar-refractivity contribution in [2.45, 2.75) is 26.3 Å². The van der Waals surface area contributed by atoms with Crippen LogP contribution in [0, 0.1) is 6.92 Å². The van der Waals surface area contributed by atoms with Crippen LogP contribution >= 0.6 is 11.6 Å². The van der Waals surface area contributed by atoms with Crippen LogP contribution in [0.1, 0.15) is 30.5 Å². The highest BCUT2D eigenvalue weighted by molar-refractivity contribution is 6.31. The molecular weight excluding hydrogens is 312 g/mol. The fraction of sp³-hybridized carbons (Fsp3) is 0.222. The Hall–Kier alpha value is -2.33. The van der Waals surface area contributed by atoms with Crippen LogP contribution in [0.4, 0.5) is 5.69 Å². The quantitative estimate of drug-likeness (QED) is 0.874. The van der Waals surface area contributed by atoms with Gasteiger partial charge in [-0.15, -0.1) is 0 Å². The molecule has 0 aliphatic carbocycles. The number of hydrogen-bond acceptors (Lipinski definition) is 2. The van der Waals surface area contributed by atoms with Crippen molar-refractivity contribution < 1.29 is 9.59 Å². The molecule has 0 spiro atoms. The van der Waals surface area contributed by atoms with Crippen molar-refractivity contribution in [2.24, 2.45) is 0 Å². The minimum Gasteiger partial charge on any atom is -0.349 e. The van der Waals surface area contributed by atoms with E-state index in [0.717, 1.165) is 11.1 Å². The molecule has 0 saturated heterocycles. The molecule has 2 N–H and O–H groups in total. The van der Waals surface area contributed by atoms with Crippen molar-refractivity contribution in [1.29, 1.82) is 0 Å². The predicted molar refractivity (Wildman–Crippen MR) is 92.4 cm³/mol. The van der Waals surface area contributed by atoms with Gasteiger partial charge in [0.2, 0.25) is 11.8 Å². The third kappa shape index (κ3) is 5.11. The molecule has 5 heteroatoms. The second-order valence-corrected chi connectivity index (χ2v) is 5.81. The van der Waals surface area contributed by atoms with Gasteiger partial charge in [-0.25, -0.2) is 0 Å². The van der Waals surface area contributed by atoms with Crippen LogP contribution in [-0.4, -0.2) is 11.8 Å². The maximum atomic E-state index is 12.3. The second-order valence-electron chi connectivity index (χ2n) is 5.38. The Morgan fingerprint density at radius 2 is 1.83 bits per heavy atom. The molecule has 0 bridgehead atoms. The molecule has 1 atom stereocenters. The van der Waals surface area contributed by atoms with Crippen molar-refractivity contribution in [3.63, 3.8) is 0 Å². The van der Waals surface area contributed by atoms with E-state index < -0.39 is 0 Å². The Bertz CT molecular complexity index is 701. The molecule has 2 aromatic rings. The molecule has 2 rings (SSSR count). The van der Waals surface area contributed by atoms with Crippen LogP contribution in [0.3, 0.4) is 0 Å². The first-order valence-electron chi connectivity index (χ1n) is 7.34. The van der Waals surface area contributed by atoms with Crippen molar-refractivity contribution in [1.82, 2.24) is 5.32 Å². The van der Waals surface area contributed by atoms with E-state index in [0.29, 0.717) is 10.7 Å². The lowest BCUT2D eigenvalue weighted by Gasteiger charge is -2.18. The van der Waals surface area contributed by atoms with Crippen LogP contribution in [0.5, 0.6) is 0 Å². The van der Waals surface area contributed by atoms with Crippen LogP contribution < -0.4 is 10.6 Å². The summed E-state index contributed by atoms with van der Waals surface area (Å²) in [7, 11) is 0. The molecule has 0 heterocycles. The molecule has 0 aromatic heterocycles. The predicted octanol–water partition coefficient (Wildman–Crippen LogP) is 3.85. The Morgan fingerprint density at radius 3 is 2.48 bits per heavy atom. The third-order valence-electron chi connectivity index (χ3n) is 3.44. The van der Waals surface area contributed by atoms with Crippen molar-refractivity contribution in [2.75, 3.05) is 5.32 Å². The topological polar surface area (TPSA) is 58.2 Å². The molecule has 0 radical (unpaired) electrons. The standard InChI is InChI=1S/C18H19ClN2O2/c1-12-8-9-15(19)10-16(12)21-18(23)11-17(20-13(2)22)14-6-4-3-5-7-14/h3-10,17H,11H2,1-2H3,(H,20,22)(H,21,23)/t17-/m1/s1. The summed E-state index contributed by atoms with van der Waals surface area (Å²) < 4.78 is 0. The summed E-state index contributed by atoms with van der Waals surface area (Å²) in [4.78, 5) is 23.7. The van der Waals surface area contributed by atoms with E-state index in [2.05, 4.69) is 10.6 Å². The monoisotopic (exact) mass is 330 g/mol. The summed E-state index contributed by atoms with van der Waals surface area (Å²) in [5.41, 5.74) is 2.50. The van der Waals surface area contributed by atoms with Crippen molar-refractivity contribution in [3.8, 4) is 0 Å². The van der Waals surface area contributed by atoms with Gasteiger partial charge in [0.05, 0.1) is 12.5 Å². The van der Waals surface area contributed by atoms with Gasteiger partial charge in [0.25, 0.3) is 0 Å².